The van der Waals surface area contributed by atoms with Crippen molar-refractivity contribution >= 4 is 38.4 Å². The van der Waals surface area contributed by atoms with Gasteiger partial charge >= 0.3 is 21.3 Å². The van der Waals surface area contributed by atoms with E-state index in [0.29, 0.717) is 11.2 Å². The van der Waals surface area contributed by atoms with Gasteiger partial charge < -0.3 is 40.7 Å². The molecule has 0 saturated carbocycles. The van der Waals surface area contributed by atoms with Crippen LogP contribution in [0.3, 0.4) is 0 Å². The first kappa shape index (κ1) is 29.6. The third kappa shape index (κ3) is 6.79. The van der Waals surface area contributed by atoms with Crippen LogP contribution in [0.5, 0.6) is 0 Å². The highest BCUT2D eigenvalue weighted by Crippen LogP contribution is 2.49. The minimum atomic E-state index is -4.94. The summed E-state index contributed by atoms with van der Waals surface area (Å²) in [6, 6.07) is 1.31. The minimum absolute atomic E-state index is 0.0522. The Bertz CT molecular complexity index is 1560. The van der Waals surface area contributed by atoms with Crippen molar-refractivity contribution in [3.05, 3.63) is 41.8 Å². The molecule has 2 aliphatic heterocycles. The lowest BCUT2D eigenvalue weighted by atomic mass is 10.2. The van der Waals surface area contributed by atoms with Crippen LogP contribution in [-0.2, 0) is 32.2 Å². The Morgan fingerprint density at radius 1 is 1.07 bits per heavy atom. The molecule has 5 heterocycles. The number of aliphatic hydroxyl groups is 1. The lowest BCUT2D eigenvalue weighted by Crippen LogP contribution is -2.29. The van der Waals surface area contributed by atoms with Crippen molar-refractivity contribution in [2.75, 3.05) is 24.7 Å². The maximum absolute atomic E-state index is 12.8. The molecule has 5 rings (SSSR count). The zero-order valence-electron chi connectivity index (χ0n) is 20.8. The average Bonchev–Trinajstić information content (AvgIpc) is 3.58. The maximum Gasteiger partial charge on any atom is 0.472 e. The van der Waals surface area contributed by atoms with Crippen LogP contribution in [0.15, 0.2) is 29.7 Å². The Kier molecular flexibility index (Phi) is 8.25. The van der Waals surface area contributed by atoms with Crippen molar-refractivity contribution in [2.45, 2.75) is 43.3 Å². The predicted octanol–water partition coefficient (Wildman–Crippen LogP) is -1.39. The van der Waals surface area contributed by atoms with Crippen LogP contribution in [0.1, 0.15) is 18.9 Å². The van der Waals surface area contributed by atoms with Gasteiger partial charge in [-0.3, -0.25) is 22.7 Å². The first-order valence-electron chi connectivity index (χ1n) is 11.8. The number of nitrogens with two attached hydrogens (primary N) is 2. The monoisotopic (exact) mass is 619 g/mol. The fraction of sp³-hybridized carbons (Fsp3) is 0.474. The van der Waals surface area contributed by atoms with Crippen LogP contribution >= 0.6 is 15.6 Å². The summed E-state index contributed by atoms with van der Waals surface area (Å²) in [5.74, 6) is 0.0761. The standard InChI is InChI=1S/C19H25N8O12P2/c20-13-1-2-26(19(29)25-13)14-4-11(12(38-14)6-35-40(30,31)32)39-41(33,34)36-5-9-3-10(28)18(37-9)27-8-24-15-16(21)22-7-23-17(15)27/h1-3,7-12,14,18,28H,4-6H2,(H,33,34)(H2,20,25,29)(H2,21,22,23)(H2,30,31,32)/t9-,10-,11+,12-,14-,18?/m1/s1. The molecule has 2 aliphatic rings. The minimum Gasteiger partial charge on any atom is -0.388 e. The maximum atomic E-state index is 12.8. The molecule has 2 fully saturated rings. The Hall–Kier alpha value is -2.87. The summed E-state index contributed by atoms with van der Waals surface area (Å²) in [6.07, 6.45) is -1.94. The molecule has 0 amide bonds. The van der Waals surface area contributed by atoms with E-state index in [1.165, 1.54) is 35.9 Å². The first-order valence-corrected chi connectivity index (χ1v) is 14.8. The second-order valence-corrected chi connectivity index (χ2v) is 11.6. The third-order valence-corrected chi connectivity index (χ3v) is 7.60. The van der Waals surface area contributed by atoms with Gasteiger partial charge in [-0.25, -0.2) is 28.9 Å². The third-order valence-electron chi connectivity index (χ3n) is 6.10. The molecule has 0 spiro atoms. The summed E-state index contributed by atoms with van der Waals surface area (Å²) in [6.45, 7) is -1.28. The van der Waals surface area contributed by atoms with E-state index >= 15 is 0 Å². The van der Waals surface area contributed by atoms with Gasteiger partial charge in [0, 0.05) is 19.0 Å². The molecule has 20 nitrogen and oxygen atoms in total. The van der Waals surface area contributed by atoms with E-state index in [0.717, 1.165) is 4.57 Å². The topological polar surface area (TPSA) is 292 Å². The highest BCUT2D eigenvalue weighted by atomic mass is 31.2. The molecule has 7 atom stereocenters. The second-order valence-electron chi connectivity index (χ2n) is 8.93. The summed E-state index contributed by atoms with van der Waals surface area (Å²) in [4.78, 5) is 56.4. The normalized spacial score (nSPS) is 28.3. The molecule has 3 aromatic heterocycles. The SMILES string of the molecule is Nc1ccn([C@H]2C[C@H](OP(=O)(O)OC[C@H]3[CH][C@@H](O)C(n4cnc5c(N)ncnc54)O3)[C@@H](COP(=O)(O)O)O2)c(=O)n1. The van der Waals surface area contributed by atoms with Gasteiger partial charge in [0.15, 0.2) is 17.7 Å². The first-order chi connectivity index (χ1) is 19.3. The highest BCUT2D eigenvalue weighted by molar-refractivity contribution is 7.47. The van der Waals surface area contributed by atoms with Gasteiger partial charge in [0.25, 0.3) is 0 Å². The van der Waals surface area contributed by atoms with Crippen molar-refractivity contribution in [1.82, 2.24) is 29.1 Å². The molecule has 3 aromatic rings. The number of imidazole rings is 1. The number of nitrogen functional groups attached to an aromatic ring is 2. The molecule has 2 unspecified atom stereocenters. The van der Waals surface area contributed by atoms with Crippen LogP contribution in [0.2, 0.25) is 0 Å². The number of nitrogens with zero attached hydrogens (tertiary/aromatic N) is 6. The number of rotatable bonds is 10. The van der Waals surface area contributed by atoms with Crippen LogP contribution < -0.4 is 17.2 Å². The molecule has 2 saturated heterocycles. The second kappa shape index (κ2) is 11.4. The molecule has 41 heavy (non-hydrogen) atoms. The predicted molar refractivity (Wildman–Crippen MR) is 134 cm³/mol. The van der Waals surface area contributed by atoms with Gasteiger partial charge in [-0.2, -0.15) is 4.98 Å². The Morgan fingerprint density at radius 3 is 2.59 bits per heavy atom. The van der Waals surface area contributed by atoms with Gasteiger partial charge in [-0.05, 0) is 6.07 Å². The Balaban J connectivity index is 1.24. The number of ether oxygens (including phenoxy) is 2. The number of anilines is 2. The number of phosphoric acid groups is 2. The fourth-order valence-electron chi connectivity index (χ4n) is 4.32. The van der Waals surface area contributed by atoms with Crippen molar-refractivity contribution < 1.29 is 52.0 Å². The molecule has 0 aliphatic carbocycles. The Morgan fingerprint density at radius 2 is 1.85 bits per heavy atom. The molecule has 22 heteroatoms. The largest absolute Gasteiger partial charge is 0.472 e. The lowest BCUT2D eigenvalue weighted by Gasteiger charge is -2.22. The highest BCUT2D eigenvalue weighted by Gasteiger charge is 2.44. The van der Waals surface area contributed by atoms with E-state index in [1.54, 1.807) is 0 Å². The van der Waals surface area contributed by atoms with E-state index in [1.807, 2.05) is 0 Å². The van der Waals surface area contributed by atoms with Crippen LogP contribution in [0.25, 0.3) is 11.2 Å². The van der Waals surface area contributed by atoms with Crippen LogP contribution in [0.4, 0.5) is 11.6 Å². The number of fused-ring (bicyclic) bond motifs is 1. The van der Waals surface area contributed by atoms with Crippen molar-refractivity contribution in [1.29, 1.82) is 0 Å². The van der Waals surface area contributed by atoms with Crippen molar-refractivity contribution in [2.24, 2.45) is 0 Å². The van der Waals surface area contributed by atoms with Gasteiger partial charge in [-0.1, -0.05) is 0 Å². The molecule has 1 radical (unpaired) electrons. The molecular formula is C19H25N8O12P2. The van der Waals surface area contributed by atoms with E-state index < -0.39 is 71.4 Å². The number of phosphoric ester groups is 2. The van der Waals surface area contributed by atoms with Gasteiger partial charge in [0.1, 0.15) is 42.2 Å². The number of hydrogen-bond acceptors (Lipinski definition) is 15. The number of aliphatic hydroxyl groups excluding tert-OH is 1. The van der Waals surface area contributed by atoms with Gasteiger partial charge in [0.05, 0.1) is 25.6 Å². The summed E-state index contributed by atoms with van der Waals surface area (Å²) in [5, 5.41) is 10.5. The number of aromatic nitrogens is 6. The smallest absolute Gasteiger partial charge is 0.388 e. The van der Waals surface area contributed by atoms with E-state index in [4.69, 9.17) is 39.8 Å². The van der Waals surface area contributed by atoms with Crippen LogP contribution in [-0.4, -0.2) is 86.5 Å². The Labute approximate surface area is 229 Å². The molecule has 0 bridgehead atoms. The average molecular weight is 619 g/mol. The lowest BCUT2D eigenvalue weighted by molar-refractivity contribution is -0.0558. The fourth-order valence-corrected chi connectivity index (χ4v) is 5.62. The van der Waals surface area contributed by atoms with E-state index in [2.05, 4.69) is 24.5 Å². The van der Waals surface area contributed by atoms with Gasteiger partial charge in [0.2, 0.25) is 0 Å². The zero-order valence-corrected chi connectivity index (χ0v) is 22.5. The van der Waals surface area contributed by atoms with Crippen molar-refractivity contribution in [3.63, 3.8) is 0 Å². The van der Waals surface area contributed by atoms with E-state index in [-0.39, 0.29) is 18.1 Å². The van der Waals surface area contributed by atoms with Gasteiger partial charge in [-0.15, -0.1) is 0 Å². The summed E-state index contributed by atoms with van der Waals surface area (Å²) in [7, 11) is -9.81. The summed E-state index contributed by atoms with van der Waals surface area (Å²) in [5.41, 5.74) is 11.1. The van der Waals surface area contributed by atoms with Crippen LogP contribution in [0, 0.1) is 6.42 Å². The van der Waals surface area contributed by atoms with Crippen molar-refractivity contribution in [3.8, 4) is 0 Å². The zero-order chi connectivity index (χ0) is 29.5. The summed E-state index contributed by atoms with van der Waals surface area (Å²) < 4.78 is 52.6. The number of hydrogen-bond donors (Lipinski definition) is 6. The molecule has 223 valence electrons. The molecule has 8 N–H and O–H groups in total. The molecular weight excluding hydrogens is 594 g/mol. The quantitative estimate of drug-likeness (QED) is 0.142. The summed E-state index contributed by atoms with van der Waals surface area (Å²) >= 11 is 0. The van der Waals surface area contributed by atoms with E-state index in [9.17, 15) is 23.9 Å². The molecule has 0 aromatic carbocycles.